The normalized spacial score (nSPS) is 11.5. The Kier molecular flexibility index (Phi) is 7.38. The zero-order chi connectivity index (χ0) is 18.3. The van der Waals surface area contributed by atoms with E-state index in [2.05, 4.69) is 0 Å². The maximum absolute atomic E-state index is 12.7. The number of nitrogens with zero attached hydrogens (tertiary/aromatic N) is 1. The van der Waals surface area contributed by atoms with Crippen LogP contribution < -0.4 is 0 Å². The van der Waals surface area contributed by atoms with Gasteiger partial charge in [0.25, 0.3) is 0 Å². The van der Waals surface area contributed by atoms with Gasteiger partial charge in [-0.1, -0.05) is 45.0 Å². The molecule has 0 fully saturated rings. The first-order chi connectivity index (χ1) is 11.2. The van der Waals surface area contributed by atoms with Crippen molar-refractivity contribution in [3.63, 3.8) is 0 Å². The first-order valence-electron chi connectivity index (χ1n) is 7.74. The zero-order valence-electron chi connectivity index (χ0n) is 15.3. The van der Waals surface area contributed by atoms with Crippen LogP contribution in [0, 0.1) is 5.41 Å². The fourth-order valence-electron chi connectivity index (χ4n) is 2.36. The van der Waals surface area contributed by atoms with E-state index in [-0.39, 0.29) is 19.0 Å². The molecule has 6 heteroatoms. The van der Waals surface area contributed by atoms with Gasteiger partial charge in [0.1, 0.15) is 6.54 Å². The van der Waals surface area contributed by atoms with Gasteiger partial charge in [-0.05, 0) is 5.56 Å². The second-order valence-electron chi connectivity index (χ2n) is 6.49. The van der Waals surface area contributed by atoms with Gasteiger partial charge in [0.2, 0.25) is 5.91 Å². The predicted octanol–water partition coefficient (Wildman–Crippen LogP) is 2.53. The molecule has 0 radical (unpaired) electrons. The van der Waals surface area contributed by atoms with E-state index in [1.807, 2.05) is 45.0 Å². The molecule has 0 aliphatic rings. The quantitative estimate of drug-likeness (QED) is 0.565. The van der Waals surface area contributed by atoms with E-state index in [0.717, 1.165) is 11.1 Å². The molecule has 0 saturated carbocycles. The van der Waals surface area contributed by atoms with Crippen molar-refractivity contribution in [2.45, 2.75) is 33.6 Å². The lowest BCUT2D eigenvalue weighted by Gasteiger charge is -2.30. The highest BCUT2D eigenvalue weighted by Gasteiger charge is 2.29. The number of carbonyl (C=O) groups is 2. The van der Waals surface area contributed by atoms with Crippen LogP contribution in [-0.4, -0.2) is 44.7 Å². The monoisotopic (exact) mass is 337 g/mol. The van der Waals surface area contributed by atoms with Crippen molar-refractivity contribution in [2.75, 3.05) is 27.9 Å². The van der Waals surface area contributed by atoms with E-state index in [9.17, 15) is 9.59 Å². The fourth-order valence-corrected chi connectivity index (χ4v) is 2.36. The summed E-state index contributed by atoms with van der Waals surface area (Å²) in [6, 6.07) is 7.52. The van der Waals surface area contributed by atoms with E-state index >= 15 is 0 Å². The molecule has 1 rings (SSSR count). The molecule has 0 atom stereocenters. The lowest BCUT2D eigenvalue weighted by molar-refractivity contribution is -0.150. The summed E-state index contributed by atoms with van der Waals surface area (Å²) in [5.41, 5.74) is 1.07. The summed E-state index contributed by atoms with van der Waals surface area (Å²) in [7, 11) is 4.41. The molecule has 24 heavy (non-hydrogen) atoms. The van der Waals surface area contributed by atoms with Crippen molar-refractivity contribution in [1.29, 1.82) is 0 Å². The lowest BCUT2D eigenvalue weighted by Crippen LogP contribution is -2.42. The van der Waals surface area contributed by atoms with Gasteiger partial charge >= 0.3 is 5.97 Å². The minimum absolute atomic E-state index is 0.106. The van der Waals surface area contributed by atoms with Crippen molar-refractivity contribution in [3.05, 3.63) is 35.4 Å². The van der Waals surface area contributed by atoms with Gasteiger partial charge in [0, 0.05) is 31.7 Å². The van der Waals surface area contributed by atoms with E-state index in [1.165, 1.54) is 12.0 Å². The summed E-state index contributed by atoms with van der Waals surface area (Å²) in [4.78, 5) is 25.9. The van der Waals surface area contributed by atoms with Crippen molar-refractivity contribution < 1.29 is 23.8 Å². The topological polar surface area (TPSA) is 65.1 Å². The Morgan fingerprint density at radius 2 is 1.67 bits per heavy atom. The Morgan fingerprint density at radius 1 is 1.08 bits per heavy atom. The Balaban J connectivity index is 3.15. The molecule has 1 amide bonds. The minimum Gasteiger partial charge on any atom is -0.468 e. The third-order valence-corrected chi connectivity index (χ3v) is 3.57. The summed E-state index contributed by atoms with van der Waals surface area (Å²) in [5, 5.41) is 0. The number of rotatable bonds is 7. The molecule has 0 unspecified atom stereocenters. The summed E-state index contributed by atoms with van der Waals surface area (Å²) in [6.45, 7) is 5.62. The third kappa shape index (κ3) is 5.32. The van der Waals surface area contributed by atoms with E-state index in [1.54, 1.807) is 14.2 Å². The molecule has 0 heterocycles. The second-order valence-corrected chi connectivity index (χ2v) is 6.49. The van der Waals surface area contributed by atoms with Gasteiger partial charge in [-0.2, -0.15) is 0 Å². The maximum atomic E-state index is 12.7. The van der Waals surface area contributed by atoms with Gasteiger partial charge in [-0.25, -0.2) is 0 Å². The van der Waals surface area contributed by atoms with E-state index < -0.39 is 17.7 Å². The zero-order valence-corrected chi connectivity index (χ0v) is 15.3. The van der Waals surface area contributed by atoms with Crippen LogP contribution in [0.15, 0.2) is 24.3 Å². The number of ether oxygens (including phenoxy) is 3. The maximum Gasteiger partial charge on any atom is 0.325 e. The standard InChI is InChI=1S/C18H27NO5/c1-18(2,3)17(21)19(12-15(20)22-4)11-13-9-7-8-10-14(13)16(23-5)24-6/h7-10,16H,11-12H2,1-6H3. The Labute approximate surface area is 143 Å². The minimum atomic E-state index is -0.606. The highest BCUT2D eigenvalue weighted by molar-refractivity contribution is 5.85. The first-order valence-corrected chi connectivity index (χ1v) is 7.74. The summed E-state index contributed by atoms with van der Waals surface area (Å²) in [5.74, 6) is -0.589. The molecule has 0 saturated heterocycles. The second kappa shape index (κ2) is 8.80. The number of hydrogen-bond acceptors (Lipinski definition) is 5. The number of amides is 1. The van der Waals surface area contributed by atoms with Crippen LogP contribution in [0.1, 0.15) is 38.2 Å². The molecule has 0 N–H and O–H groups in total. The average Bonchev–Trinajstić information content (AvgIpc) is 2.55. The number of benzene rings is 1. The van der Waals surface area contributed by atoms with Gasteiger partial charge in [0.05, 0.1) is 7.11 Å². The average molecular weight is 337 g/mol. The number of carbonyl (C=O) groups excluding carboxylic acids is 2. The first kappa shape index (κ1) is 20.1. The molecule has 1 aromatic carbocycles. The smallest absolute Gasteiger partial charge is 0.325 e. The van der Waals surface area contributed by atoms with Gasteiger partial charge in [0.15, 0.2) is 6.29 Å². The number of esters is 1. The molecule has 0 aliphatic heterocycles. The molecular formula is C18H27NO5. The fraction of sp³-hybridized carbons (Fsp3) is 0.556. The van der Waals surface area contributed by atoms with Crippen LogP contribution in [0.4, 0.5) is 0 Å². The van der Waals surface area contributed by atoms with Crippen molar-refractivity contribution >= 4 is 11.9 Å². The van der Waals surface area contributed by atoms with Gasteiger partial charge in [-0.3, -0.25) is 9.59 Å². The highest BCUT2D eigenvalue weighted by atomic mass is 16.7. The largest absolute Gasteiger partial charge is 0.468 e. The predicted molar refractivity (Wildman–Crippen MR) is 90.1 cm³/mol. The van der Waals surface area contributed by atoms with E-state index in [4.69, 9.17) is 14.2 Å². The Bertz CT molecular complexity index is 561. The van der Waals surface area contributed by atoms with Crippen molar-refractivity contribution in [2.24, 2.45) is 5.41 Å². The summed E-state index contributed by atoms with van der Waals surface area (Å²) in [6.07, 6.45) is -0.536. The molecule has 1 aromatic rings. The molecule has 6 nitrogen and oxygen atoms in total. The summed E-state index contributed by atoms with van der Waals surface area (Å²) < 4.78 is 15.4. The van der Waals surface area contributed by atoms with Crippen LogP contribution in [0.5, 0.6) is 0 Å². The molecule has 0 aliphatic carbocycles. The summed E-state index contributed by atoms with van der Waals surface area (Å²) >= 11 is 0. The van der Waals surface area contributed by atoms with Crippen molar-refractivity contribution in [1.82, 2.24) is 4.90 Å². The highest BCUT2D eigenvalue weighted by Crippen LogP contribution is 2.25. The number of hydrogen-bond donors (Lipinski definition) is 0. The molecule has 0 bridgehead atoms. The van der Waals surface area contributed by atoms with E-state index in [0.29, 0.717) is 0 Å². The van der Waals surface area contributed by atoms with Crippen LogP contribution >= 0.6 is 0 Å². The third-order valence-electron chi connectivity index (χ3n) is 3.57. The Morgan fingerprint density at radius 3 is 2.17 bits per heavy atom. The molecule has 134 valence electrons. The molecule has 0 aromatic heterocycles. The van der Waals surface area contributed by atoms with Crippen LogP contribution in [0.3, 0.4) is 0 Å². The Hall–Kier alpha value is -1.92. The van der Waals surface area contributed by atoms with Crippen LogP contribution in [0.2, 0.25) is 0 Å². The molecular weight excluding hydrogens is 310 g/mol. The van der Waals surface area contributed by atoms with Gasteiger partial charge < -0.3 is 19.1 Å². The molecule has 0 spiro atoms. The SMILES string of the molecule is COC(=O)CN(Cc1ccccc1C(OC)OC)C(=O)C(C)(C)C. The van der Waals surface area contributed by atoms with Crippen LogP contribution in [-0.2, 0) is 30.3 Å². The lowest BCUT2D eigenvalue weighted by atomic mass is 9.94. The number of methoxy groups -OCH3 is 3. The van der Waals surface area contributed by atoms with Crippen LogP contribution in [0.25, 0.3) is 0 Å². The van der Waals surface area contributed by atoms with Gasteiger partial charge in [-0.15, -0.1) is 0 Å². The van der Waals surface area contributed by atoms with Crippen molar-refractivity contribution in [3.8, 4) is 0 Å².